The number of nitriles is 1. The second kappa shape index (κ2) is 5.79. The van der Waals surface area contributed by atoms with Gasteiger partial charge >= 0.3 is 0 Å². The predicted molar refractivity (Wildman–Crippen MR) is 82.6 cm³/mol. The fourth-order valence-electron chi connectivity index (χ4n) is 2.67. The molecule has 1 aliphatic carbocycles. The van der Waals surface area contributed by atoms with Gasteiger partial charge in [-0.3, -0.25) is 9.78 Å². The van der Waals surface area contributed by atoms with E-state index in [9.17, 15) is 10.1 Å². The molecule has 0 N–H and O–H groups in total. The van der Waals surface area contributed by atoms with Gasteiger partial charge in [-0.2, -0.15) is 5.26 Å². The highest BCUT2D eigenvalue weighted by molar-refractivity contribution is 9.10. The van der Waals surface area contributed by atoms with Crippen LogP contribution in [0.1, 0.15) is 29.5 Å². The molecule has 4 heteroatoms. The van der Waals surface area contributed by atoms with E-state index in [2.05, 4.69) is 27.0 Å². The van der Waals surface area contributed by atoms with Gasteiger partial charge in [0.15, 0.2) is 5.78 Å². The summed E-state index contributed by atoms with van der Waals surface area (Å²) >= 11 is 3.52. The molecule has 3 atom stereocenters. The van der Waals surface area contributed by atoms with E-state index in [4.69, 9.17) is 0 Å². The first-order valence-electron chi connectivity index (χ1n) is 6.81. The molecule has 0 saturated heterocycles. The molecule has 1 aromatic heterocycles. The van der Waals surface area contributed by atoms with Crippen LogP contribution in [0.5, 0.6) is 0 Å². The summed E-state index contributed by atoms with van der Waals surface area (Å²) in [7, 11) is 0. The van der Waals surface area contributed by atoms with E-state index in [0.717, 1.165) is 16.5 Å². The van der Waals surface area contributed by atoms with Crippen LogP contribution in [0.3, 0.4) is 0 Å². The number of aromatic nitrogens is 1. The van der Waals surface area contributed by atoms with E-state index < -0.39 is 5.92 Å². The second-order valence-electron chi connectivity index (χ2n) is 5.19. The van der Waals surface area contributed by atoms with Crippen molar-refractivity contribution in [2.24, 2.45) is 5.92 Å². The maximum absolute atomic E-state index is 12.6. The summed E-state index contributed by atoms with van der Waals surface area (Å²) < 4.78 is 1.02. The van der Waals surface area contributed by atoms with Gasteiger partial charge in [-0.25, -0.2) is 0 Å². The Kier molecular flexibility index (Phi) is 3.85. The Hall–Kier alpha value is -1.99. The molecule has 1 fully saturated rings. The summed E-state index contributed by atoms with van der Waals surface area (Å²) in [4.78, 5) is 16.7. The number of nitrogens with zero attached hydrogens (tertiary/aromatic N) is 2. The molecule has 0 bridgehead atoms. The average Bonchev–Trinajstić information content (AvgIpc) is 3.30. The van der Waals surface area contributed by atoms with Gasteiger partial charge in [0.05, 0.1) is 11.8 Å². The standard InChI is InChI=1S/C17H13BrN2O/c18-15-6-2-1-5-11(15)12-9-13(12)17(21)14(10-19)16-7-3-4-8-20-16/h1-8,12-14H,9H2/t12-,13+,14-/m0/s1. The predicted octanol–water partition coefficient (Wildman–Crippen LogP) is 3.82. The Morgan fingerprint density at radius 3 is 2.71 bits per heavy atom. The van der Waals surface area contributed by atoms with Crippen LogP contribution in [0, 0.1) is 17.2 Å². The van der Waals surface area contributed by atoms with Crippen LogP contribution in [-0.4, -0.2) is 10.8 Å². The zero-order valence-electron chi connectivity index (χ0n) is 11.2. The maximum Gasteiger partial charge on any atom is 0.159 e. The summed E-state index contributed by atoms with van der Waals surface area (Å²) in [6.07, 6.45) is 2.43. The van der Waals surface area contributed by atoms with E-state index >= 15 is 0 Å². The minimum atomic E-state index is -0.760. The Bertz CT molecular complexity index is 708. The van der Waals surface area contributed by atoms with Crippen LogP contribution in [0.25, 0.3) is 0 Å². The molecule has 1 aliphatic rings. The van der Waals surface area contributed by atoms with Gasteiger partial charge in [-0.1, -0.05) is 40.2 Å². The fourth-order valence-corrected chi connectivity index (χ4v) is 3.24. The zero-order chi connectivity index (χ0) is 14.8. The van der Waals surface area contributed by atoms with Crippen molar-refractivity contribution in [1.29, 1.82) is 5.26 Å². The van der Waals surface area contributed by atoms with Crippen molar-refractivity contribution in [1.82, 2.24) is 4.98 Å². The van der Waals surface area contributed by atoms with Crippen molar-refractivity contribution < 1.29 is 4.79 Å². The number of carbonyl (C=O) groups excluding carboxylic acids is 1. The summed E-state index contributed by atoms with van der Waals surface area (Å²) in [6, 6.07) is 15.4. The van der Waals surface area contributed by atoms with Crippen LogP contribution in [-0.2, 0) is 4.79 Å². The second-order valence-corrected chi connectivity index (χ2v) is 6.04. The molecule has 1 saturated carbocycles. The van der Waals surface area contributed by atoms with E-state index in [1.165, 1.54) is 0 Å². The molecular formula is C17H13BrN2O. The normalized spacial score (nSPS) is 21.3. The molecule has 21 heavy (non-hydrogen) atoms. The van der Waals surface area contributed by atoms with Gasteiger partial charge in [0.2, 0.25) is 0 Å². The average molecular weight is 341 g/mol. The third kappa shape index (κ3) is 2.74. The lowest BCUT2D eigenvalue weighted by Crippen LogP contribution is -2.15. The number of ketones is 1. The van der Waals surface area contributed by atoms with E-state index in [-0.39, 0.29) is 17.6 Å². The smallest absolute Gasteiger partial charge is 0.159 e. The van der Waals surface area contributed by atoms with Crippen LogP contribution in [0.4, 0.5) is 0 Å². The largest absolute Gasteiger partial charge is 0.297 e. The fraction of sp³-hybridized carbons (Fsp3) is 0.235. The molecule has 3 nitrogen and oxygen atoms in total. The molecule has 0 amide bonds. The number of carbonyl (C=O) groups is 1. The van der Waals surface area contributed by atoms with E-state index in [1.807, 2.05) is 24.3 Å². The molecule has 104 valence electrons. The molecule has 2 aromatic rings. The van der Waals surface area contributed by atoms with Gasteiger partial charge in [0.25, 0.3) is 0 Å². The monoisotopic (exact) mass is 340 g/mol. The lowest BCUT2D eigenvalue weighted by molar-refractivity contribution is -0.120. The summed E-state index contributed by atoms with van der Waals surface area (Å²) in [5, 5.41) is 9.32. The Balaban J connectivity index is 1.79. The molecule has 1 aromatic carbocycles. The quantitative estimate of drug-likeness (QED) is 0.849. The van der Waals surface area contributed by atoms with Gasteiger partial charge < -0.3 is 0 Å². The zero-order valence-corrected chi connectivity index (χ0v) is 12.8. The molecule has 0 unspecified atom stereocenters. The van der Waals surface area contributed by atoms with Crippen molar-refractivity contribution in [3.05, 3.63) is 64.4 Å². The third-order valence-electron chi connectivity index (χ3n) is 3.86. The molecule has 0 aliphatic heterocycles. The highest BCUT2D eigenvalue weighted by Gasteiger charge is 2.47. The number of hydrogen-bond donors (Lipinski definition) is 0. The SMILES string of the molecule is N#C[C@H](C(=O)[C@@H]1C[C@H]1c1ccccc1Br)c1ccccn1. The van der Waals surface area contributed by atoms with Crippen molar-refractivity contribution >= 4 is 21.7 Å². The Morgan fingerprint density at radius 1 is 1.29 bits per heavy atom. The Labute approximate surface area is 131 Å². The molecule has 3 rings (SSSR count). The number of halogens is 1. The first-order valence-corrected chi connectivity index (χ1v) is 7.60. The minimum Gasteiger partial charge on any atom is -0.297 e. The van der Waals surface area contributed by atoms with Crippen molar-refractivity contribution in [2.45, 2.75) is 18.3 Å². The van der Waals surface area contributed by atoms with E-state index in [0.29, 0.717) is 5.69 Å². The van der Waals surface area contributed by atoms with Gasteiger partial charge in [0, 0.05) is 16.6 Å². The van der Waals surface area contributed by atoms with Gasteiger partial charge in [-0.15, -0.1) is 0 Å². The highest BCUT2D eigenvalue weighted by Crippen LogP contribution is 2.51. The van der Waals surface area contributed by atoms with Crippen LogP contribution in [0.15, 0.2) is 53.1 Å². The van der Waals surface area contributed by atoms with Crippen LogP contribution < -0.4 is 0 Å². The third-order valence-corrected chi connectivity index (χ3v) is 4.58. The lowest BCUT2D eigenvalue weighted by Gasteiger charge is -2.08. The molecule has 0 spiro atoms. The molecular weight excluding hydrogens is 328 g/mol. The number of pyridine rings is 1. The van der Waals surface area contributed by atoms with Crippen molar-refractivity contribution in [2.75, 3.05) is 0 Å². The maximum atomic E-state index is 12.6. The highest BCUT2D eigenvalue weighted by atomic mass is 79.9. The van der Waals surface area contributed by atoms with Crippen molar-refractivity contribution in [3.8, 4) is 6.07 Å². The van der Waals surface area contributed by atoms with Crippen LogP contribution >= 0.6 is 15.9 Å². The molecule has 1 heterocycles. The minimum absolute atomic E-state index is 0.0167. The van der Waals surface area contributed by atoms with Crippen molar-refractivity contribution in [3.63, 3.8) is 0 Å². The van der Waals surface area contributed by atoms with E-state index in [1.54, 1.807) is 24.4 Å². The lowest BCUT2D eigenvalue weighted by atomic mass is 9.95. The Morgan fingerprint density at radius 2 is 2.05 bits per heavy atom. The summed E-state index contributed by atoms with van der Waals surface area (Å²) in [6.45, 7) is 0. The van der Waals surface area contributed by atoms with Crippen LogP contribution in [0.2, 0.25) is 0 Å². The topological polar surface area (TPSA) is 53.8 Å². The number of Topliss-reactive ketones (excluding diaryl/α,β-unsaturated/α-hetero) is 1. The first kappa shape index (κ1) is 14.0. The summed E-state index contributed by atoms with van der Waals surface area (Å²) in [5.74, 6) is -0.636. The number of hydrogen-bond acceptors (Lipinski definition) is 3. The first-order chi connectivity index (χ1) is 10.2. The summed E-state index contributed by atoms with van der Waals surface area (Å²) in [5.41, 5.74) is 1.69. The van der Waals surface area contributed by atoms with Gasteiger partial charge in [0.1, 0.15) is 5.92 Å². The van der Waals surface area contributed by atoms with Gasteiger partial charge in [-0.05, 0) is 36.1 Å². The molecule has 0 radical (unpaired) electrons. The number of benzene rings is 1. The number of rotatable bonds is 4.